The number of hydrogen-bond acceptors (Lipinski definition) is 4. The second-order valence-corrected chi connectivity index (χ2v) is 8.27. The lowest BCUT2D eigenvalue weighted by Gasteiger charge is -2.14. The number of alkyl halides is 6. The van der Waals surface area contributed by atoms with Gasteiger partial charge in [-0.05, 0) is 42.5 Å². The van der Waals surface area contributed by atoms with E-state index in [4.69, 9.17) is 5.41 Å². The SMILES string of the molecule is CC/C(=C(\C=N)C(=O)Nc1ccnc(C(F)(F)F)c1)C(F)(F)F.Cc1cccc2c1C=CC(C)CC2=O. The van der Waals surface area contributed by atoms with Gasteiger partial charge in [0.15, 0.2) is 5.78 Å². The van der Waals surface area contributed by atoms with Gasteiger partial charge in [-0.1, -0.05) is 44.2 Å². The maximum Gasteiger partial charge on any atom is 0.433 e. The maximum atomic E-state index is 12.8. The van der Waals surface area contributed by atoms with Gasteiger partial charge in [0.1, 0.15) is 5.69 Å². The van der Waals surface area contributed by atoms with E-state index >= 15 is 0 Å². The first kappa shape index (κ1) is 29.5. The molecule has 37 heavy (non-hydrogen) atoms. The molecular formula is C26H25F6N3O2. The molecule has 0 fully saturated rings. The van der Waals surface area contributed by atoms with Crippen molar-refractivity contribution in [3.05, 3.63) is 76.1 Å². The van der Waals surface area contributed by atoms with Crippen molar-refractivity contribution >= 4 is 29.7 Å². The van der Waals surface area contributed by atoms with Crippen molar-refractivity contribution in [1.82, 2.24) is 4.98 Å². The number of Topliss-reactive ketones (excluding diaryl/α,β-unsaturated/α-hetero) is 1. The smallest absolute Gasteiger partial charge is 0.322 e. The Hall–Kier alpha value is -3.76. The number of ketones is 1. The molecule has 0 spiro atoms. The van der Waals surface area contributed by atoms with Crippen molar-refractivity contribution in [2.24, 2.45) is 5.92 Å². The number of carbonyl (C=O) groups is 2. The van der Waals surface area contributed by atoms with E-state index in [2.05, 4.69) is 24.1 Å². The molecule has 1 amide bonds. The first-order valence-electron chi connectivity index (χ1n) is 11.1. The molecule has 1 unspecified atom stereocenters. The largest absolute Gasteiger partial charge is 0.433 e. The van der Waals surface area contributed by atoms with Crippen LogP contribution in [0.25, 0.3) is 6.08 Å². The van der Waals surface area contributed by atoms with E-state index in [0.717, 1.165) is 30.3 Å². The zero-order chi connectivity index (χ0) is 28.0. The number of aryl methyl sites for hydroxylation is 1. The van der Waals surface area contributed by atoms with Crippen molar-refractivity contribution in [2.75, 3.05) is 5.32 Å². The standard InChI is InChI=1S/C13H11F6N3O.C13H14O/c1-2-9(12(14,15)16)8(6-20)11(23)22-7-3-4-21-10(5-7)13(17,18)19;1-9-6-7-11-10(2)4-3-5-12(11)13(14)8-9/h3-6,20H,2H2,1H3,(H,21,22,23);3-7,9H,8H2,1-2H3/b9-8-,20-6?;. The Labute approximate surface area is 209 Å². The molecule has 3 rings (SSSR count). The summed E-state index contributed by atoms with van der Waals surface area (Å²) in [7, 11) is 0. The minimum Gasteiger partial charge on any atom is -0.322 e. The number of aromatic nitrogens is 1. The molecule has 198 valence electrons. The van der Waals surface area contributed by atoms with Gasteiger partial charge in [0.2, 0.25) is 0 Å². The Balaban J connectivity index is 0.000000291. The number of anilines is 1. The number of hydrogen-bond donors (Lipinski definition) is 2. The molecule has 1 heterocycles. The monoisotopic (exact) mass is 525 g/mol. The highest BCUT2D eigenvalue weighted by molar-refractivity contribution is 6.17. The summed E-state index contributed by atoms with van der Waals surface area (Å²) in [5, 5.41) is 8.88. The Kier molecular flexibility index (Phi) is 9.55. The number of carbonyl (C=O) groups excluding carboxylic acids is 2. The van der Waals surface area contributed by atoms with Crippen LogP contribution in [0.1, 0.15) is 53.9 Å². The minimum absolute atomic E-state index is 0.216. The van der Waals surface area contributed by atoms with E-state index < -0.39 is 41.5 Å². The first-order chi connectivity index (χ1) is 17.2. The van der Waals surface area contributed by atoms with Crippen LogP contribution >= 0.6 is 0 Å². The van der Waals surface area contributed by atoms with Crippen LogP contribution in [-0.2, 0) is 11.0 Å². The molecule has 0 bridgehead atoms. The van der Waals surface area contributed by atoms with Crippen LogP contribution in [-0.4, -0.2) is 29.1 Å². The molecule has 0 radical (unpaired) electrons. The summed E-state index contributed by atoms with van der Waals surface area (Å²) in [6.45, 7) is 5.27. The third-order valence-electron chi connectivity index (χ3n) is 5.44. The number of benzene rings is 1. The third kappa shape index (κ3) is 7.86. The normalized spacial score (nSPS) is 16.0. The molecule has 1 aliphatic rings. The van der Waals surface area contributed by atoms with Gasteiger partial charge >= 0.3 is 12.4 Å². The maximum absolute atomic E-state index is 12.8. The fourth-order valence-electron chi connectivity index (χ4n) is 3.57. The predicted molar refractivity (Wildman–Crippen MR) is 128 cm³/mol. The van der Waals surface area contributed by atoms with Crippen molar-refractivity contribution in [3.63, 3.8) is 0 Å². The van der Waals surface area contributed by atoms with Crippen LogP contribution in [0.4, 0.5) is 32.0 Å². The molecule has 2 aromatic rings. The summed E-state index contributed by atoms with van der Waals surface area (Å²) in [5.74, 6) is -0.705. The highest BCUT2D eigenvalue weighted by Gasteiger charge is 2.36. The number of halogens is 6. The van der Waals surface area contributed by atoms with E-state index in [1.54, 1.807) is 0 Å². The van der Waals surface area contributed by atoms with E-state index in [0.29, 0.717) is 18.4 Å². The average Bonchev–Trinajstić information content (AvgIpc) is 2.95. The predicted octanol–water partition coefficient (Wildman–Crippen LogP) is 7.19. The van der Waals surface area contributed by atoms with Crippen LogP contribution < -0.4 is 5.32 Å². The molecule has 0 saturated heterocycles. The van der Waals surface area contributed by atoms with Gasteiger partial charge in [-0.2, -0.15) is 26.3 Å². The highest BCUT2D eigenvalue weighted by atomic mass is 19.4. The number of rotatable bonds is 4. The van der Waals surface area contributed by atoms with Crippen LogP contribution in [0.15, 0.2) is 53.8 Å². The van der Waals surface area contributed by atoms with Gasteiger partial charge in [0.25, 0.3) is 5.91 Å². The van der Waals surface area contributed by atoms with Gasteiger partial charge in [-0.15, -0.1) is 0 Å². The van der Waals surface area contributed by atoms with E-state index in [-0.39, 0.29) is 17.7 Å². The fourth-order valence-corrected chi connectivity index (χ4v) is 3.57. The van der Waals surface area contributed by atoms with Gasteiger partial charge < -0.3 is 10.7 Å². The summed E-state index contributed by atoms with van der Waals surface area (Å²) in [6.07, 6.45) is -4.34. The highest BCUT2D eigenvalue weighted by Crippen LogP contribution is 2.32. The zero-order valence-corrected chi connectivity index (χ0v) is 20.2. The summed E-state index contributed by atoms with van der Waals surface area (Å²) in [4.78, 5) is 26.7. The Bertz CT molecular complexity index is 1230. The number of amides is 1. The number of nitrogens with one attached hydrogen (secondary N) is 2. The number of allylic oxidation sites excluding steroid dienone is 2. The van der Waals surface area contributed by atoms with E-state index in [1.165, 1.54) is 5.56 Å². The Morgan fingerprint density at radius 1 is 1.19 bits per heavy atom. The topological polar surface area (TPSA) is 82.9 Å². The summed E-state index contributed by atoms with van der Waals surface area (Å²) >= 11 is 0. The second kappa shape index (κ2) is 12.0. The van der Waals surface area contributed by atoms with E-state index in [9.17, 15) is 35.9 Å². The number of fused-ring (bicyclic) bond motifs is 1. The Morgan fingerprint density at radius 2 is 1.86 bits per heavy atom. The zero-order valence-electron chi connectivity index (χ0n) is 20.2. The van der Waals surface area contributed by atoms with E-state index in [1.807, 2.05) is 30.4 Å². The summed E-state index contributed by atoms with van der Waals surface area (Å²) in [5.41, 5.74) is -0.731. The molecule has 1 atom stereocenters. The molecule has 0 saturated carbocycles. The lowest BCUT2D eigenvalue weighted by molar-refractivity contribution is -0.141. The van der Waals surface area contributed by atoms with Crippen LogP contribution in [0.5, 0.6) is 0 Å². The molecule has 2 N–H and O–H groups in total. The minimum atomic E-state index is -4.83. The Morgan fingerprint density at radius 3 is 2.43 bits per heavy atom. The molecule has 1 aromatic carbocycles. The third-order valence-corrected chi connectivity index (χ3v) is 5.44. The van der Waals surface area contributed by atoms with Gasteiger partial charge in [0.05, 0.1) is 5.57 Å². The van der Waals surface area contributed by atoms with Crippen molar-refractivity contribution in [2.45, 2.75) is 46.0 Å². The van der Waals surface area contributed by atoms with Gasteiger partial charge in [-0.3, -0.25) is 14.6 Å². The summed E-state index contributed by atoms with van der Waals surface area (Å²) in [6, 6.07) is 7.40. The van der Waals surface area contributed by atoms with Crippen LogP contribution in [0.3, 0.4) is 0 Å². The fraction of sp³-hybridized carbons (Fsp3) is 0.308. The molecule has 1 aromatic heterocycles. The van der Waals surface area contributed by atoms with Crippen molar-refractivity contribution < 1.29 is 35.9 Å². The lowest BCUT2D eigenvalue weighted by Crippen LogP contribution is -2.23. The quantitative estimate of drug-likeness (QED) is 0.252. The van der Waals surface area contributed by atoms with Crippen molar-refractivity contribution in [1.29, 1.82) is 5.41 Å². The first-order valence-corrected chi connectivity index (χ1v) is 11.1. The molecule has 1 aliphatic carbocycles. The second-order valence-electron chi connectivity index (χ2n) is 8.27. The average molecular weight is 525 g/mol. The molecule has 5 nitrogen and oxygen atoms in total. The molecular weight excluding hydrogens is 500 g/mol. The molecule has 11 heteroatoms. The molecule has 0 aliphatic heterocycles. The van der Waals surface area contributed by atoms with Gasteiger partial charge in [0, 0.05) is 35.7 Å². The van der Waals surface area contributed by atoms with Crippen molar-refractivity contribution in [3.8, 4) is 0 Å². The van der Waals surface area contributed by atoms with Crippen LogP contribution in [0, 0.1) is 18.3 Å². The van der Waals surface area contributed by atoms with Gasteiger partial charge in [-0.25, -0.2) is 0 Å². The number of nitrogens with zero attached hydrogens (tertiary/aromatic N) is 1. The lowest BCUT2D eigenvalue weighted by atomic mass is 9.98. The van der Waals surface area contributed by atoms with Crippen LogP contribution in [0.2, 0.25) is 0 Å². The summed E-state index contributed by atoms with van der Waals surface area (Å²) < 4.78 is 75.8. The number of pyridine rings is 1.